The van der Waals surface area contributed by atoms with Crippen LogP contribution in [0.3, 0.4) is 0 Å². The van der Waals surface area contributed by atoms with E-state index in [2.05, 4.69) is 35.1 Å². The Morgan fingerprint density at radius 2 is 2.23 bits per heavy atom. The van der Waals surface area contributed by atoms with Crippen LogP contribution in [0.2, 0.25) is 0 Å². The Hall–Kier alpha value is -2.34. The van der Waals surface area contributed by atoms with Crippen LogP contribution < -0.4 is 10.1 Å². The second-order valence-corrected chi connectivity index (χ2v) is 7.06. The number of hydrogen-bond acceptors (Lipinski definition) is 4. The number of aryl methyl sites for hydroxylation is 1. The lowest BCUT2D eigenvalue weighted by Gasteiger charge is -2.37. The van der Waals surface area contributed by atoms with Crippen LogP contribution in [0, 0.1) is 0 Å². The van der Waals surface area contributed by atoms with Crippen molar-refractivity contribution in [2.45, 2.75) is 38.8 Å². The van der Waals surface area contributed by atoms with Gasteiger partial charge in [0.1, 0.15) is 11.8 Å². The van der Waals surface area contributed by atoms with Gasteiger partial charge in [-0.1, -0.05) is 12.1 Å². The number of carbonyl (C=O) groups is 1. The van der Waals surface area contributed by atoms with E-state index < -0.39 is 0 Å². The molecule has 0 unspecified atom stereocenters. The fourth-order valence-corrected chi connectivity index (χ4v) is 3.64. The maximum absolute atomic E-state index is 13.0. The summed E-state index contributed by atoms with van der Waals surface area (Å²) >= 11 is 0. The van der Waals surface area contributed by atoms with Crippen molar-refractivity contribution in [1.29, 1.82) is 0 Å². The highest BCUT2D eigenvalue weighted by Crippen LogP contribution is 2.30. The van der Waals surface area contributed by atoms with Crippen LogP contribution >= 0.6 is 0 Å². The monoisotopic (exact) mass is 356 g/mol. The molecule has 140 valence electrons. The average Bonchev–Trinajstić information content (AvgIpc) is 3.02. The number of amides is 1. The van der Waals surface area contributed by atoms with Crippen molar-refractivity contribution >= 4 is 5.91 Å². The number of rotatable bonds is 6. The summed E-state index contributed by atoms with van der Waals surface area (Å²) in [5.74, 6) is 0.887. The molecule has 6 heteroatoms. The molecule has 26 heavy (non-hydrogen) atoms. The van der Waals surface area contributed by atoms with Gasteiger partial charge in [-0.25, -0.2) is 4.98 Å². The van der Waals surface area contributed by atoms with E-state index in [1.54, 1.807) is 7.11 Å². The predicted molar refractivity (Wildman–Crippen MR) is 101 cm³/mol. The molecule has 2 aromatic rings. The second kappa shape index (κ2) is 7.91. The van der Waals surface area contributed by atoms with Gasteiger partial charge in [0.25, 0.3) is 0 Å². The molecule has 1 atom stereocenters. The van der Waals surface area contributed by atoms with Crippen molar-refractivity contribution in [2.75, 3.05) is 20.2 Å². The van der Waals surface area contributed by atoms with Gasteiger partial charge in [0.15, 0.2) is 0 Å². The zero-order chi connectivity index (χ0) is 18.7. The Bertz CT molecular complexity index is 769. The van der Waals surface area contributed by atoms with Gasteiger partial charge in [-0.05, 0) is 38.0 Å². The number of imidazole rings is 1. The summed E-state index contributed by atoms with van der Waals surface area (Å²) in [6, 6.07) is 7.97. The minimum Gasteiger partial charge on any atom is -0.497 e. The zero-order valence-electron chi connectivity index (χ0n) is 16.0. The lowest BCUT2D eigenvalue weighted by atomic mass is 9.99. The van der Waals surface area contributed by atoms with Crippen molar-refractivity contribution in [3.8, 4) is 5.75 Å². The maximum atomic E-state index is 13.0. The fraction of sp³-hybridized carbons (Fsp3) is 0.500. The van der Waals surface area contributed by atoms with E-state index in [1.165, 1.54) is 0 Å². The Kier molecular flexibility index (Phi) is 5.61. The molecule has 1 aromatic carbocycles. The molecule has 0 saturated heterocycles. The molecule has 0 aliphatic carbocycles. The number of carbonyl (C=O) groups excluding carboxylic acids is 1. The molecule has 0 spiro atoms. The van der Waals surface area contributed by atoms with Crippen LogP contribution in [0.5, 0.6) is 5.75 Å². The molecule has 6 nitrogen and oxygen atoms in total. The van der Waals surface area contributed by atoms with E-state index in [0.29, 0.717) is 12.6 Å². The Balaban J connectivity index is 1.69. The molecular formula is C20H28N4O2. The van der Waals surface area contributed by atoms with Gasteiger partial charge in [0.05, 0.1) is 24.8 Å². The molecule has 3 rings (SSSR count). The highest BCUT2D eigenvalue weighted by atomic mass is 16.5. The van der Waals surface area contributed by atoms with Crippen molar-refractivity contribution in [2.24, 2.45) is 7.05 Å². The number of ether oxygens (including phenoxy) is 1. The molecule has 0 saturated carbocycles. The first-order valence-electron chi connectivity index (χ1n) is 9.17. The Morgan fingerprint density at radius 1 is 1.42 bits per heavy atom. The van der Waals surface area contributed by atoms with Gasteiger partial charge in [-0.2, -0.15) is 0 Å². The number of methoxy groups -OCH3 is 1. The summed E-state index contributed by atoms with van der Waals surface area (Å²) in [4.78, 5) is 19.7. The van der Waals surface area contributed by atoms with Gasteiger partial charge >= 0.3 is 0 Å². The molecule has 2 heterocycles. The third-order valence-electron chi connectivity index (χ3n) is 5.02. The number of nitrogens with zero attached hydrogens (tertiary/aromatic N) is 3. The van der Waals surface area contributed by atoms with Crippen LogP contribution in [0.1, 0.15) is 36.8 Å². The minimum absolute atomic E-state index is 0.0474. The lowest BCUT2D eigenvalue weighted by molar-refractivity contribution is -0.128. The van der Waals surface area contributed by atoms with Crippen molar-refractivity contribution in [3.63, 3.8) is 0 Å². The highest BCUT2D eigenvalue weighted by Gasteiger charge is 2.36. The van der Waals surface area contributed by atoms with Crippen molar-refractivity contribution < 1.29 is 9.53 Å². The summed E-state index contributed by atoms with van der Waals surface area (Å²) in [5, 5.41) is 3.12. The van der Waals surface area contributed by atoms with E-state index in [9.17, 15) is 4.79 Å². The van der Waals surface area contributed by atoms with Gasteiger partial charge < -0.3 is 14.6 Å². The normalized spacial score (nSPS) is 17.2. The van der Waals surface area contributed by atoms with Crippen LogP contribution in [0.15, 0.2) is 30.6 Å². The molecule has 0 radical (unpaired) electrons. The van der Waals surface area contributed by atoms with Crippen LogP contribution in [0.4, 0.5) is 0 Å². The van der Waals surface area contributed by atoms with Gasteiger partial charge in [-0.3, -0.25) is 9.69 Å². The van der Waals surface area contributed by atoms with E-state index in [4.69, 9.17) is 4.74 Å². The van der Waals surface area contributed by atoms with Gasteiger partial charge in [0.2, 0.25) is 5.91 Å². The average molecular weight is 356 g/mol. The molecular weight excluding hydrogens is 328 g/mol. The van der Waals surface area contributed by atoms with Crippen LogP contribution in [-0.2, 0) is 24.7 Å². The van der Waals surface area contributed by atoms with Crippen molar-refractivity contribution in [3.05, 3.63) is 47.5 Å². The molecule has 0 bridgehead atoms. The summed E-state index contributed by atoms with van der Waals surface area (Å²) in [6.07, 6.45) is 3.47. The quantitative estimate of drug-likeness (QED) is 0.861. The standard InChI is InChI=1S/C20H28N4O2/c1-14(2)24-11-9-17-18(23(3)13-22-17)19(24)20(25)21-10-8-15-6-5-7-16(12-15)26-4/h5-7,12-14,19H,8-11H2,1-4H3,(H,21,25)/t19-/m1/s1. The maximum Gasteiger partial charge on any atom is 0.243 e. The first kappa shape index (κ1) is 18.5. The second-order valence-electron chi connectivity index (χ2n) is 7.06. The molecule has 1 aliphatic heterocycles. The van der Waals surface area contributed by atoms with E-state index >= 15 is 0 Å². The van der Waals surface area contributed by atoms with Crippen LogP contribution in [-0.4, -0.2) is 46.6 Å². The predicted octanol–water partition coefficient (Wildman–Crippen LogP) is 2.10. The highest BCUT2D eigenvalue weighted by molar-refractivity contribution is 5.83. The van der Waals surface area contributed by atoms with E-state index in [-0.39, 0.29) is 11.9 Å². The first-order valence-corrected chi connectivity index (χ1v) is 9.17. The van der Waals surface area contributed by atoms with Crippen molar-refractivity contribution in [1.82, 2.24) is 19.8 Å². The number of benzene rings is 1. The summed E-state index contributed by atoms with van der Waals surface area (Å²) < 4.78 is 7.24. The largest absolute Gasteiger partial charge is 0.497 e. The number of hydrogen-bond donors (Lipinski definition) is 1. The zero-order valence-corrected chi connectivity index (χ0v) is 16.0. The Labute approximate surface area is 155 Å². The SMILES string of the molecule is COc1cccc(CCNC(=O)[C@H]2c3c(ncn3C)CCN2C(C)C)c1. The molecule has 1 amide bonds. The third kappa shape index (κ3) is 3.75. The van der Waals surface area contributed by atoms with E-state index in [1.807, 2.05) is 36.1 Å². The number of aromatic nitrogens is 2. The van der Waals surface area contributed by atoms with Crippen LogP contribution in [0.25, 0.3) is 0 Å². The first-order chi connectivity index (χ1) is 12.5. The van der Waals surface area contributed by atoms with Gasteiger partial charge in [0, 0.05) is 32.6 Å². The van der Waals surface area contributed by atoms with Gasteiger partial charge in [-0.15, -0.1) is 0 Å². The minimum atomic E-state index is -0.281. The summed E-state index contributed by atoms with van der Waals surface area (Å²) in [6.45, 7) is 5.73. The topological polar surface area (TPSA) is 59.4 Å². The smallest absolute Gasteiger partial charge is 0.243 e. The Morgan fingerprint density at radius 3 is 2.96 bits per heavy atom. The molecule has 1 aliphatic rings. The molecule has 1 N–H and O–H groups in total. The van der Waals surface area contributed by atoms with E-state index in [0.717, 1.165) is 42.1 Å². The summed E-state index contributed by atoms with van der Waals surface area (Å²) in [7, 11) is 3.63. The third-order valence-corrected chi connectivity index (χ3v) is 5.02. The fourth-order valence-electron chi connectivity index (χ4n) is 3.64. The number of nitrogens with one attached hydrogen (secondary N) is 1. The lowest BCUT2D eigenvalue weighted by Crippen LogP contribution is -2.48. The molecule has 1 aromatic heterocycles. The summed E-state index contributed by atoms with van der Waals surface area (Å²) in [5.41, 5.74) is 3.21. The number of fused-ring (bicyclic) bond motifs is 1. The molecule has 0 fully saturated rings.